The van der Waals surface area contributed by atoms with Crippen molar-refractivity contribution in [2.45, 2.75) is 0 Å². The Balaban J connectivity index is 2.68. The van der Waals surface area contributed by atoms with E-state index in [2.05, 4.69) is 0 Å². The summed E-state index contributed by atoms with van der Waals surface area (Å²) >= 11 is 0. The van der Waals surface area contributed by atoms with Crippen LogP contribution in [-0.4, -0.2) is 0 Å². The first-order chi connectivity index (χ1) is 8.26. The van der Waals surface area contributed by atoms with Gasteiger partial charge in [-0.1, -0.05) is 30.3 Å². The van der Waals surface area contributed by atoms with Crippen LogP contribution in [0, 0.1) is 28.5 Å². The van der Waals surface area contributed by atoms with Gasteiger partial charge in [0.2, 0.25) is 0 Å². The molecule has 0 bridgehead atoms. The molecule has 0 fully saturated rings. The van der Waals surface area contributed by atoms with Crippen LogP contribution in [0.25, 0.3) is 11.1 Å². The molecule has 80 valence electrons. The normalized spacial score (nSPS) is 9.35. The second-order valence-corrected chi connectivity index (χ2v) is 3.47. The molecule has 0 aliphatic rings. The van der Waals surface area contributed by atoms with Gasteiger partial charge >= 0.3 is 0 Å². The number of halogens is 1. The minimum absolute atomic E-state index is 0.110. The highest BCUT2D eigenvalue weighted by Gasteiger charge is 2.10. The van der Waals surface area contributed by atoms with Crippen molar-refractivity contribution in [3.8, 4) is 23.3 Å². The molecular formula is C14H7FN2. The fraction of sp³-hybridized carbons (Fsp3) is 0. The molecular weight excluding hydrogens is 215 g/mol. The van der Waals surface area contributed by atoms with Gasteiger partial charge < -0.3 is 0 Å². The third-order valence-corrected chi connectivity index (χ3v) is 2.43. The van der Waals surface area contributed by atoms with Gasteiger partial charge in [0, 0.05) is 5.56 Å². The van der Waals surface area contributed by atoms with E-state index in [0.717, 1.165) is 5.56 Å². The molecule has 0 unspecified atom stereocenters. The smallest absolute Gasteiger partial charge is 0.141 e. The van der Waals surface area contributed by atoms with E-state index >= 15 is 0 Å². The predicted octanol–water partition coefficient (Wildman–Crippen LogP) is 3.24. The first-order valence-electron chi connectivity index (χ1n) is 4.95. The second-order valence-electron chi connectivity index (χ2n) is 3.47. The molecule has 0 radical (unpaired) electrons. The predicted molar refractivity (Wildman–Crippen MR) is 61.3 cm³/mol. The van der Waals surface area contributed by atoms with Crippen molar-refractivity contribution in [1.29, 1.82) is 10.5 Å². The van der Waals surface area contributed by atoms with Crippen molar-refractivity contribution in [2.24, 2.45) is 0 Å². The quantitative estimate of drug-likeness (QED) is 0.743. The van der Waals surface area contributed by atoms with Crippen LogP contribution in [0.1, 0.15) is 11.1 Å². The van der Waals surface area contributed by atoms with E-state index in [9.17, 15) is 4.39 Å². The van der Waals surface area contributed by atoms with Gasteiger partial charge in [-0.2, -0.15) is 10.5 Å². The Hall–Kier alpha value is -2.65. The Morgan fingerprint density at radius 3 is 2.12 bits per heavy atom. The molecule has 0 aliphatic carbocycles. The zero-order valence-corrected chi connectivity index (χ0v) is 8.81. The maximum absolute atomic E-state index is 13.5. The number of rotatable bonds is 1. The molecule has 0 N–H and O–H groups in total. The van der Waals surface area contributed by atoms with E-state index in [-0.39, 0.29) is 5.56 Å². The van der Waals surface area contributed by atoms with E-state index in [1.807, 2.05) is 24.3 Å². The van der Waals surface area contributed by atoms with Crippen molar-refractivity contribution in [3.63, 3.8) is 0 Å². The Kier molecular flexibility index (Phi) is 2.85. The fourth-order valence-electron chi connectivity index (χ4n) is 1.61. The van der Waals surface area contributed by atoms with E-state index < -0.39 is 5.82 Å². The Labute approximate surface area is 98.2 Å². The lowest BCUT2D eigenvalue weighted by Crippen LogP contribution is -1.91. The van der Waals surface area contributed by atoms with Crippen LogP contribution < -0.4 is 0 Å². The third-order valence-electron chi connectivity index (χ3n) is 2.43. The van der Waals surface area contributed by atoms with Gasteiger partial charge in [-0.3, -0.25) is 0 Å². The Morgan fingerprint density at radius 1 is 0.882 bits per heavy atom. The van der Waals surface area contributed by atoms with Crippen LogP contribution >= 0.6 is 0 Å². The molecule has 2 aromatic rings. The molecule has 0 spiro atoms. The number of hydrogen-bond acceptors (Lipinski definition) is 2. The SMILES string of the molecule is N#Cc1cc(C#N)c(-c2ccccc2)cc1F. The van der Waals surface area contributed by atoms with Crippen molar-refractivity contribution in [1.82, 2.24) is 0 Å². The first kappa shape index (κ1) is 10.9. The van der Waals surface area contributed by atoms with Gasteiger partial charge in [0.25, 0.3) is 0 Å². The van der Waals surface area contributed by atoms with Crippen molar-refractivity contribution < 1.29 is 4.39 Å². The highest BCUT2D eigenvalue weighted by Crippen LogP contribution is 2.25. The van der Waals surface area contributed by atoms with Crippen LogP contribution in [-0.2, 0) is 0 Å². The molecule has 17 heavy (non-hydrogen) atoms. The van der Waals surface area contributed by atoms with Crippen LogP contribution in [0.4, 0.5) is 4.39 Å². The van der Waals surface area contributed by atoms with Crippen LogP contribution in [0.5, 0.6) is 0 Å². The molecule has 0 saturated heterocycles. The van der Waals surface area contributed by atoms with Gasteiger partial charge in [0.1, 0.15) is 11.9 Å². The summed E-state index contributed by atoms with van der Waals surface area (Å²) in [6.45, 7) is 0. The average molecular weight is 222 g/mol. The summed E-state index contributed by atoms with van der Waals surface area (Å²) in [5, 5.41) is 17.7. The number of nitriles is 2. The molecule has 0 atom stereocenters. The zero-order valence-electron chi connectivity index (χ0n) is 8.81. The van der Waals surface area contributed by atoms with Crippen LogP contribution in [0.3, 0.4) is 0 Å². The highest BCUT2D eigenvalue weighted by molar-refractivity contribution is 5.71. The van der Waals surface area contributed by atoms with Crippen molar-refractivity contribution in [2.75, 3.05) is 0 Å². The molecule has 2 rings (SSSR count). The summed E-state index contributed by atoms with van der Waals surface area (Å²) in [4.78, 5) is 0. The molecule has 2 nitrogen and oxygen atoms in total. The van der Waals surface area contributed by atoms with E-state index in [4.69, 9.17) is 10.5 Å². The van der Waals surface area contributed by atoms with E-state index in [1.54, 1.807) is 18.2 Å². The topological polar surface area (TPSA) is 47.6 Å². The summed E-state index contributed by atoms with van der Waals surface area (Å²) in [7, 11) is 0. The van der Waals surface area contributed by atoms with Crippen molar-refractivity contribution in [3.05, 3.63) is 59.4 Å². The molecule has 0 aliphatic heterocycles. The van der Waals surface area contributed by atoms with Crippen LogP contribution in [0.15, 0.2) is 42.5 Å². The summed E-state index contributed by atoms with van der Waals surface area (Å²) in [6, 6.07) is 15.3. The summed E-state index contributed by atoms with van der Waals surface area (Å²) in [5.41, 5.74) is 1.45. The lowest BCUT2D eigenvalue weighted by Gasteiger charge is -2.05. The molecule has 2 aromatic carbocycles. The standard InChI is InChI=1S/C14H7FN2/c15-14-7-13(10-4-2-1-3-5-10)11(8-16)6-12(14)9-17/h1-7H. The highest BCUT2D eigenvalue weighted by atomic mass is 19.1. The summed E-state index contributed by atoms with van der Waals surface area (Å²) in [6.07, 6.45) is 0. The molecule has 0 heterocycles. The Morgan fingerprint density at radius 2 is 1.53 bits per heavy atom. The summed E-state index contributed by atoms with van der Waals surface area (Å²) in [5.74, 6) is -0.606. The maximum Gasteiger partial charge on any atom is 0.141 e. The second kappa shape index (κ2) is 4.47. The van der Waals surface area contributed by atoms with Crippen LogP contribution in [0.2, 0.25) is 0 Å². The van der Waals surface area contributed by atoms with Gasteiger partial charge in [0.15, 0.2) is 0 Å². The molecule has 0 amide bonds. The fourth-order valence-corrected chi connectivity index (χ4v) is 1.61. The van der Waals surface area contributed by atoms with Gasteiger partial charge in [-0.15, -0.1) is 0 Å². The molecule has 0 saturated carbocycles. The van der Waals surface area contributed by atoms with Gasteiger partial charge in [0.05, 0.1) is 17.2 Å². The lowest BCUT2D eigenvalue weighted by atomic mass is 9.98. The average Bonchev–Trinajstić information content (AvgIpc) is 2.39. The number of nitrogens with zero attached hydrogens (tertiary/aromatic N) is 2. The van der Waals surface area contributed by atoms with E-state index in [0.29, 0.717) is 11.1 Å². The molecule has 3 heteroatoms. The van der Waals surface area contributed by atoms with E-state index in [1.165, 1.54) is 12.1 Å². The minimum atomic E-state index is -0.606. The minimum Gasteiger partial charge on any atom is -0.206 e. The van der Waals surface area contributed by atoms with Crippen molar-refractivity contribution >= 4 is 0 Å². The summed E-state index contributed by atoms with van der Waals surface area (Å²) < 4.78 is 13.5. The number of benzene rings is 2. The zero-order chi connectivity index (χ0) is 12.3. The largest absolute Gasteiger partial charge is 0.206 e. The first-order valence-corrected chi connectivity index (χ1v) is 4.95. The third kappa shape index (κ3) is 2.00. The molecule has 0 aromatic heterocycles. The lowest BCUT2D eigenvalue weighted by molar-refractivity contribution is 0.624. The number of hydrogen-bond donors (Lipinski definition) is 0. The van der Waals surface area contributed by atoms with Gasteiger partial charge in [-0.05, 0) is 17.7 Å². The monoisotopic (exact) mass is 222 g/mol. The maximum atomic E-state index is 13.5. The Bertz CT molecular complexity index is 634. The van der Waals surface area contributed by atoms with Gasteiger partial charge in [-0.25, -0.2) is 4.39 Å².